The lowest BCUT2D eigenvalue weighted by Gasteiger charge is -2.35. The summed E-state index contributed by atoms with van der Waals surface area (Å²) in [6.45, 7) is 4.38. The number of benzene rings is 3. The Balaban J connectivity index is 1.54. The van der Waals surface area contributed by atoms with Gasteiger partial charge in [-0.2, -0.15) is 0 Å². The molecule has 0 spiro atoms. The summed E-state index contributed by atoms with van der Waals surface area (Å²) in [6, 6.07) is 9.85. The Morgan fingerprint density at radius 1 is 0.825 bits per heavy atom. The summed E-state index contributed by atoms with van der Waals surface area (Å²) < 4.78 is 9.70. The molecule has 204 valence electrons. The minimum atomic E-state index is -0.932. The van der Waals surface area contributed by atoms with Crippen LogP contribution in [0.5, 0.6) is 11.5 Å². The second-order valence-electron chi connectivity index (χ2n) is 12.0. The number of aryl methyl sites for hydroxylation is 2. The number of carboxylic acid groups (broad SMARTS) is 1. The van der Waals surface area contributed by atoms with Gasteiger partial charge in [0.1, 0.15) is 24.6 Å². The number of carbonyl (C=O) groups is 1. The van der Waals surface area contributed by atoms with Gasteiger partial charge in [-0.1, -0.05) is 11.6 Å². The van der Waals surface area contributed by atoms with Crippen molar-refractivity contribution in [3.8, 4) is 11.5 Å². The van der Waals surface area contributed by atoms with Crippen molar-refractivity contribution in [3.05, 3.63) is 84.9 Å². The molecule has 3 aromatic rings. The molecule has 0 aliphatic carbocycles. The molecule has 5 nitrogen and oxygen atoms in total. The maximum absolute atomic E-state index is 12.6. The Bertz CT molecular complexity index is 1740. The van der Waals surface area contributed by atoms with Crippen LogP contribution in [0.4, 0.5) is 5.69 Å². The first kappa shape index (κ1) is 24.5. The molecule has 0 amide bonds. The monoisotopic (exact) mass is 553 g/mol. The first-order valence-corrected chi connectivity index (χ1v) is 15.4. The van der Waals surface area contributed by atoms with Crippen LogP contribution in [0.3, 0.4) is 0 Å². The Hall–Kier alpha value is -3.31. The summed E-state index contributed by atoms with van der Waals surface area (Å²) >= 11 is 6.59. The number of anilines is 1. The summed E-state index contributed by atoms with van der Waals surface area (Å²) in [5.41, 5.74) is 9.70. The molecule has 5 heterocycles. The molecule has 3 aromatic carbocycles. The molecule has 0 fully saturated rings. The van der Waals surface area contributed by atoms with E-state index < -0.39 is 5.97 Å². The van der Waals surface area contributed by atoms with E-state index in [1.54, 1.807) is 12.1 Å². The first-order valence-electron chi connectivity index (χ1n) is 15.0. The topological polar surface area (TPSA) is 52.8 Å². The SMILES string of the molecule is O=C(O)c1ccc(Cl)cc1C1=c2cc3c4c(c2Oc2c1cc1c5c2CCCN5CCCC1)CCC[N+]=4CCCC3. The predicted octanol–water partition coefficient (Wildman–Crippen LogP) is 5.25. The standard InChI is InChI=1S/C34H33ClN2O3/c35-22-11-12-23(34(38)39)26(19-22)29-27-17-20-7-1-3-13-36-15-5-9-24(30(20)36)32(27)40-33-25-10-6-16-37-14-4-2-8-21(31(25)37)18-28(29)33/h11-12,17-19H,1-10,13-16H2/p+1. The number of hydrogen-bond acceptors (Lipinski definition) is 3. The zero-order valence-electron chi connectivity index (χ0n) is 22.8. The molecule has 0 bridgehead atoms. The average Bonchev–Trinajstić information content (AvgIpc) is 3.30. The Morgan fingerprint density at radius 3 is 2.52 bits per heavy atom. The van der Waals surface area contributed by atoms with Gasteiger partial charge in [-0.25, -0.2) is 9.37 Å². The Labute approximate surface area is 239 Å². The third-order valence-electron chi connectivity index (χ3n) is 9.67. The van der Waals surface area contributed by atoms with E-state index in [9.17, 15) is 9.90 Å². The van der Waals surface area contributed by atoms with Gasteiger partial charge in [-0.05, 0) is 92.8 Å². The number of hydrogen-bond donors (Lipinski definition) is 1. The van der Waals surface area contributed by atoms with Crippen molar-refractivity contribution in [1.29, 1.82) is 0 Å². The number of fused-ring (bicyclic) bond motifs is 4. The molecule has 0 unspecified atom stereocenters. The van der Waals surface area contributed by atoms with E-state index >= 15 is 0 Å². The van der Waals surface area contributed by atoms with Crippen molar-refractivity contribution in [3.63, 3.8) is 0 Å². The second-order valence-corrected chi connectivity index (χ2v) is 12.5. The molecule has 0 radical (unpaired) electrons. The zero-order chi connectivity index (χ0) is 27.0. The third kappa shape index (κ3) is 3.66. The third-order valence-corrected chi connectivity index (χ3v) is 9.90. The molecule has 6 heteroatoms. The number of nitrogens with zero attached hydrogens (tertiary/aromatic N) is 2. The van der Waals surface area contributed by atoms with Crippen LogP contribution in [0.1, 0.15) is 82.3 Å². The van der Waals surface area contributed by atoms with E-state index in [2.05, 4.69) is 21.6 Å². The quantitative estimate of drug-likeness (QED) is 0.344. The number of aromatic carboxylic acids is 1. The van der Waals surface area contributed by atoms with E-state index in [1.807, 2.05) is 6.07 Å². The van der Waals surface area contributed by atoms with Gasteiger partial charge in [0.25, 0.3) is 0 Å². The molecule has 0 saturated heterocycles. The van der Waals surface area contributed by atoms with Crippen molar-refractivity contribution in [2.24, 2.45) is 0 Å². The summed E-state index contributed by atoms with van der Waals surface area (Å²) in [4.78, 5) is 15.2. The fourth-order valence-corrected chi connectivity index (χ4v) is 8.20. The predicted molar refractivity (Wildman–Crippen MR) is 158 cm³/mol. The van der Waals surface area contributed by atoms with Gasteiger partial charge < -0.3 is 14.7 Å². The van der Waals surface area contributed by atoms with Gasteiger partial charge in [-0.15, -0.1) is 0 Å². The molecule has 1 N–H and O–H groups in total. The Morgan fingerprint density at radius 2 is 1.62 bits per heavy atom. The van der Waals surface area contributed by atoms with E-state index in [0.29, 0.717) is 10.6 Å². The molecular weight excluding hydrogens is 520 g/mol. The lowest BCUT2D eigenvalue weighted by Crippen LogP contribution is -2.41. The van der Waals surface area contributed by atoms with Crippen LogP contribution >= 0.6 is 11.6 Å². The van der Waals surface area contributed by atoms with Gasteiger partial charge in [-0.3, -0.25) is 0 Å². The van der Waals surface area contributed by atoms with E-state index in [1.165, 1.54) is 59.0 Å². The molecule has 40 heavy (non-hydrogen) atoms. The normalized spacial score (nSPS) is 19.0. The van der Waals surface area contributed by atoms with E-state index in [0.717, 1.165) is 92.6 Å². The van der Waals surface area contributed by atoms with Crippen molar-refractivity contribution >= 4 is 28.8 Å². The van der Waals surface area contributed by atoms with Gasteiger partial charge in [0, 0.05) is 64.1 Å². The van der Waals surface area contributed by atoms with Crippen LogP contribution < -0.4 is 24.8 Å². The largest absolute Gasteiger partial charge is 0.478 e. The fourth-order valence-electron chi connectivity index (χ4n) is 8.03. The first-order chi connectivity index (χ1) is 19.6. The summed E-state index contributed by atoms with van der Waals surface area (Å²) in [7, 11) is 0. The zero-order valence-corrected chi connectivity index (χ0v) is 23.6. The highest BCUT2D eigenvalue weighted by Gasteiger charge is 2.35. The lowest BCUT2D eigenvalue weighted by atomic mass is 9.83. The molecule has 0 atom stereocenters. The summed E-state index contributed by atoms with van der Waals surface area (Å²) in [6.07, 6.45) is 11.0. The highest BCUT2D eigenvalue weighted by Crippen LogP contribution is 2.48. The van der Waals surface area contributed by atoms with Crippen LogP contribution in [0, 0.1) is 0 Å². The number of rotatable bonds is 2. The van der Waals surface area contributed by atoms with E-state index in [4.69, 9.17) is 16.3 Å². The van der Waals surface area contributed by atoms with Crippen LogP contribution in [0.25, 0.3) is 5.57 Å². The smallest absolute Gasteiger partial charge is 0.336 e. The molecule has 5 aliphatic rings. The number of halogens is 1. The molecule has 5 aliphatic heterocycles. The lowest BCUT2D eigenvalue weighted by molar-refractivity contribution is 0.0696. The highest BCUT2D eigenvalue weighted by atomic mass is 35.5. The van der Waals surface area contributed by atoms with Crippen LogP contribution in [0.15, 0.2) is 30.3 Å². The molecule has 0 saturated carbocycles. The van der Waals surface area contributed by atoms with Gasteiger partial charge in [0.15, 0.2) is 0 Å². The minimum absolute atomic E-state index is 0.286. The minimum Gasteiger partial charge on any atom is -0.478 e. The van der Waals surface area contributed by atoms with Gasteiger partial charge in [0.2, 0.25) is 5.36 Å². The highest BCUT2D eigenvalue weighted by molar-refractivity contribution is 6.31. The van der Waals surface area contributed by atoms with Crippen molar-refractivity contribution in [1.82, 2.24) is 4.58 Å². The number of ether oxygens (including phenoxy) is 1. The Kier molecular flexibility index (Phi) is 5.74. The molecule has 8 rings (SSSR count). The van der Waals surface area contributed by atoms with Crippen molar-refractivity contribution in [2.45, 2.75) is 64.2 Å². The summed E-state index contributed by atoms with van der Waals surface area (Å²) in [5, 5.41) is 13.3. The number of carboxylic acids is 1. The maximum Gasteiger partial charge on any atom is 0.336 e. The average molecular weight is 554 g/mol. The van der Waals surface area contributed by atoms with Crippen LogP contribution in [-0.4, -0.2) is 37.3 Å². The fraction of sp³-hybridized carbons (Fsp3) is 0.412. The summed E-state index contributed by atoms with van der Waals surface area (Å²) in [5.74, 6) is 0.940. The van der Waals surface area contributed by atoms with Crippen LogP contribution in [0.2, 0.25) is 5.02 Å². The molecule has 0 aromatic heterocycles. The van der Waals surface area contributed by atoms with E-state index in [-0.39, 0.29) is 5.56 Å². The van der Waals surface area contributed by atoms with Crippen molar-refractivity contribution < 1.29 is 14.6 Å². The van der Waals surface area contributed by atoms with Gasteiger partial charge >= 0.3 is 5.97 Å². The van der Waals surface area contributed by atoms with Gasteiger partial charge in [0.05, 0.1) is 11.1 Å². The maximum atomic E-state index is 12.6. The van der Waals surface area contributed by atoms with Crippen LogP contribution in [-0.2, 0) is 25.7 Å². The molecular formula is C34H34ClN2O3+. The second kappa shape index (κ2) is 9.37. The van der Waals surface area contributed by atoms with Crippen molar-refractivity contribution in [2.75, 3.05) is 31.1 Å².